The van der Waals surface area contributed by atoms with Gasteiger partial charge in [0.1, 0.15) is 43.6 Å². The van der Waals surface area contributed by atoms with Crippen LogP contribution in [0.25, 0.3) is 11.0 Å². The third-order valence-electron chi connectivity index (χ3n) is 9.15. The lowest BCUT2D eigenvalue weighted by Crippen LogP contribution is -2.72. The third-order valence-corrected chi connectivity index (χ3v) is 9.15. The van der Waals surface area contributed by atoms with E-state index in [0.29, 0.717) is 98.8 Å². The number of Topliss-reactive ketones (excluding diaryl/α,β-unsaturated/α-hetero) is 1. The summed E-state index contributed by atoms with van der Waals surface area (Å²) in [5.41, 5.74) is 3.30. The number of morpholine rings is 1. The number of quaternary nitrogens is 1. The maximum absolute atomic E-state index is 14.9. The number of likely N-dealkylation sites (tertiary alicyclic amines) is 1. The number of hydrogen-bond donors (Lipinski definition) is 1. The first-order valence-electron chi connectivity index (χ1n) is 16.1. The van der Waals surface area contributed by atoms with Crippen molar-refractivity contribution in [1.82, 2.24) is 15.3 Å². The molecular formula is C33H47N4O7+. The van der Waals surface area contributed by atoms with Crippen molar-refractivity contribution in [3.8, 4) is 5.75 Å². The van der Waals surface area contributed by atoms with Gasteiger partial charge < -0.3 is 13.9 Å². The van der Waals surface area contributed by atoms with Crippen LogP contribution in [0.15, 0.2) is 28.7 Å². The van der Waals surface area contributed by atoms with Crippen LogP contribution in [0, 0.1) is 11.8 Å². The fourth-order valence-corrected chi connectivity index (χ4v) is 6.56. The highest BCUT2D eigenvalue weighted by Crippen LogP contribution is 2.31. The summed E-state index contributed by atoms with van der Waals surface area (Å²) in [6, 6.07) is 6.05. The van der Waals surface area contributed by atoms with Gasteiger partial charge in [0.05, 0.1) is 13.2 Å². The smallest absolute Gasteiger partial charge is 0.305 e. The van der Waals surface area contributed by atoms with Crippen LogP contribution in [0.5, 0.6) is 5.75 Å². The van der Waals surface area contributed by atoms with Crippen LogP contribution in [0.3, 0.4) is 0 Å². The molecule has 1 spiro atoms. The van der Waals surface area contributed by atoms with Crippen molar-refractivity contribution >= 4 is 34.5 Å². The largest absolute Gasteiger partial charge is 0.488 e. The van der Waals surface area contributed by atoms with E-state index in [0.717, 1.165) is 6.42 Å². The lowest BCUT2D eigenvalue weighted by molar-refractivity contribution is -0.957. The average molecular weight is 612 g/mol. The Kier molecular flexibility index (Phi) is 9.94. The zero-order valence-corrected chi connectivity index (χ0v) is 26.5. The number of fused-ring (bicyclic) bond motifs is 5. The highest BCUT2D eigenvalue weighted by molar-refractivity contribution is 5.99. The number of furan rings is 1. The van der Waals surface area contributed by atoms with Gasteiger partial charge in [0.2, 0.25) is 23.8 Å². The van der Waals surface area contributed by atoms with Gasteiger partial charge >= 0.3 is 5.91 Å². The number of hydrogen-bond acceptors (Lipinski definition) is 7. The van der Waals surface area contributed by atoms with Crippen LogP contribution in [-0.2, 0) is 19.1 Å². The van der Waals surface area contributed by atoms with Gasteiger partial charge in [-0.05, 0) is 61.8 Å². The van der Waals surface area contributed by atoms with E-state index >= 15 is 0 Å². The Balaban J connectivity index is 1.61. The number of amides is 3. The van der Waals surface area contributed by atoms with Crippen molar-refractivity contribution in [2.75, 3.05) is 46.0 Å². The zero-order valence-electron chi connectivity index (χ0n) is 26.5. The molecule has 0 radical (unpaired) electrons. The topological polar surface area (TPSA) is 118 Å². The third kappa shape index (κ3) is 6.94. The predicted octanol–water partition coefficient (Wildman–Crippen LogP) is 3.90. The Morgan fingerprint density at radius 2 is 1.64 bits per heavy atom. The van der Waals surface area contributed by atoms with Gasteiger partial charge in [-0.15, -0.1) is 0 Å². The maximum atomic E-state index is 14.9. The zero-order chi connectivity index (χ0) is 31.4. The van der Waals surface area contributed by atoms with Gasteiger partial charge in [-0.3, -0.25) is 34.0 Å². The van der Waals surface area contributed by atoms with E-state index in [2.05, 4.69) is 19.3 Å². The molecule has 0 saturated carbocycles. The molecule has 2 unspecified atom stereocenters. The van der Waals surface area contributed by atoms with Crippen molar-refractivity contribution in [1.29, 1.82) is 0 Å². The van der Waals surface area contributed by atoms with Gasteiger partial charge in [0.15, 0.2) is 5.76 Å². The number of ether oxygens (including phenoxy) is 2. The van der Waals surface area contributed by atoms with E-state index < -0.39 is 18.1 Å². The Hall–Kier alpha value is -3.44. The summed E-state index contributed by atoms with van der Waals surface area (Å²) in [7, 11) is 0. The molecule has 2 saturated heterocycles. The second-order valence-electron chi connectivity index (χ2n) is 13.3. The minimum absolute atomic E-state index is 0.0356. The fourth-order valence-electron chi connectivity index (χ4n) is 6.56. The summed E-state index contributed by atoms with van der Waals surface area (Å²) < 4.78 is 18.1. The van der Waals surface area contributed by atoms with Crippen LogP contribution >= 0.6 is 0 Å². The molecule has 1 aromatic carbocycles. The van der Waals surface area contributed by atoms with Gasteiger partial charge in [-0.1, -0.05) is 27.7 Å². The van der Waals surface area contributed by atoms with Crippen molar-refractivity contribution in [3.05, 3.63) is 30.0 Å². The Morgan fingerprint density at radius 3 is 2.34 bits per heavy atom. The molecule has 5 bridgehead atoms. The van der Waals surface area contributed by atoms with E-state index in [9.17, 15) is 19.2 Å². The number of nitrogens with one attached hydrogen (secondary N) is 1. The molecule has 1 N–H and O–H groups in total. The van der Waals surface area contributed by atoms with Crippen LogP contribution in [0.4, 0.5) is 0 Å². The van der Waals surface area contributed by atoms with Gasteiger partial charge in [0.25, 0.3) is 0 Å². The minimum Gasteiger partial charge on any atom is -0.488 e. The van der Waals surface area contributed by atoms with E-state index in [1.165, 1.54) is 5.01 Å². The monoisotopic (exact) mass is 611 g/mol. The molecular weight excluding hydrogens is 564 g/mol. The standard InChI is InChI=1S/C33H46N4O7/c1-22(2)7-11-29(38)35-13-5-6-26-31(40)33(35)37(14-17-42-18-15-37)16-19-43-25-9-10-27-24(20-25)21-28(44-27)32(41)34-36(26)30(39)12-8-23(3)4/h9-10,20-23,26,33H,5-8,11-19H2,1-4H3/p+1. The van der Waals surface area contributed by atoms with Crippen LogP contribution < -0.4 is 10.2 Å². The second kappa shape index (κ2) is 13.7. The summed E-state index contributed by atoms with van der Waals surface area (Å²) in [5.74, 6) is 0.0192. The quantitative estimate of drug-likeness (QED) is 0.492. The molecule has 2 fully saturated rings. The second-order valence-corrected chi connectivity index (χ2v) is 13.3. The number of carbonyl (C=O) groups is 4. The molecule has 4 heterocycles. The van der Waals surface area contributed by atoms with Crippen LogP contribution in [0.2, 0.25) is 0 Å². The molecule has 11 heteroatoms. The van der Waals surface area contributed by atoms with Crippen molar-refractivity contribution in [2.24, 2.45) is 11.8 Å². The van der Waals surface area contributed by atoms with E-state index in [1.54, 1.807) is 23.1 Å². The van der Waals surface area contributed by atoms with Crippen molar-refractivity contribution < 1.29 is 37.6 Å². The minimum atomic E-state index is -0.939. The Bertz CT molecular complexity index is 1360. The van der Waals surface area contributed by atoms with E-state index in [-0.39, 0.29) is 35.7 Å². The predicted molar refractivity (Wildman–Crippen MR) is 163 cm³/mol. The number of carbonyl (C=O) groups excluding carboxylic acids is 4. The van der Waals surface area contributed by atoms with Gasteiger partial charge in [0, 0.05) is 24.8 Å². The SMILES string of the molecule is CC(C)CCC(=O)N1CCCC2C(=O)C1[N+]1(CCOCC1)CCOc1ccc3oc(cc3c1)C(=O)NN2C(=O)CCC(C)C. The molecule has 0 aliphatic carbocycles. The summed E-state index contributed by atoms with van der Waals surface area (Å²) >= 11 is 0. The molecule has 240 valence electrons. The summed E-state index contributed by atoms with van der Waals surface area (Å²) in [4.78, 5) is 58.0. The van der Waals surface area contributed by atoms with Crippen LogP contribution in [0.1, 0.15) is 76.8 Å². The van der Waals surface area contributed by atoms with E-state index in [1.807, 2.05) is 19.9 Å². The number of nitrogens with zero attached hydrogens (tertiary/aromatic N) is 3. The summed E-state index contributed by atoms with van der Waals surface area (Å²) in [6.07, 6.45) is 1.85. The van der Waals surface area contributed by atoms with Crippen molar-refractivity contribution in [3.63, 3.8) is 0 Å². The molecule has 11 nitrogen and oxygen atoms in total. The van der Waals surface area contributed by atoms with Crippen LogP contribution in [-0.4, -0.2) is 96.1 Å². The number of rotatable bonds is 6. The molecule has 3 amide bonds. The molecule has 3 aliphatic rings. The Morgan fingerprint density at radius 1 is 0.955 bits per heavy atom. The number of benzene rings is 1. The highest BCUT2D eigenvalue weighted by Gasteiger charge is 2.53. The Labute approximate surface area is 259 Å². The molecule has 44 heavy (non-hydrogen) atoms. The summed E-state index contributed by atoms with van der Waals surface area (Å²) in [6.45, 7) is 11.3. The highest BCUT2D eigenvalue weighted by atomic mass is 16.5. The molecule has 2 aromatic rings. The van der Waals surface area contributed by atoms with E-state index in [4.69, 9.17) is 13.9 Å². The lowest BCUT2D eigenvalue weighted by atomic mass is 10.0. The molecule has 5 rings (SSSR count). The van der Waals surface area contributed by atoms with Crippen molar-refractivity contribution in [2.45, 2.75) is 78.4 Å². The first-order chi connectivity index (χ1) is 21.1. The first kappa shape index (κ1) is 32.0. The molecule has 3 aliphatic heterocycles. The number of hydrazine groups is 1. The molecule has 1 aromatic heterocycles. The normalized spacial score (nSPS) is 22.7. The number of ketones is 1. The maximum Gasteiger partial charge on any atom is 0.305 e. The van der Waals surface area contributed by atoms with Gasteiger partial charge in [-0.25, -0.2) is 5.01 Å². The lowest BCUT2D eigenvalue weighted by Gasteiger charge is -2.49. The summed E-state index contributed by atoms with van der Waals surface area (Å²) in [5, 5.41) is 1.94. The fraction of sp³-hybridized carbons (Fsp3) is 0.636. The first-order valence-corrected chi connectivity index (χ1v) is 16.1. The molecule has 2 atom stereocenters. The van der Waals surface area contributed by atoms with Gasteiger partial charge in [-0.2, -0.15) is 0 Å². The average Bonchev–Trinajstić information content (AvgIpc) is 3.34.